The third-order valence-corrected chi connectivity index (χ3v) is 2.71. The van der Waals surface area contributed by atoms with Crippen LogP contribution in [0.2, 0.25) is 0 Å². The molecule has 0 aromatic heterocycles. The molecule has 0 bridgehead atoms. The van der Waals surface area contributed by atoms with Crippen LogP contribution in [0.3, 0.4) is 0 Å². The van der Waals surface area contributed by atoms with E-state index in [1.807, 2.05) is 0 Å². The van der Waals surface area contributed by atoms with Crippen LogP contribution in [0, 0.1) is 13.8 Å². The van der Waals surface area contributed by atoms with Crippen molar-refractivity contribution in [2.75, 3.05) is 6.61 Å². The van der Waals surface area contributed by atoms with Crippen LogP contribution in [0.15, 0.2) is 12.1 Å². The summed E-state index contributed by atoms with van der Waals surface area (Å²) in [5.41, 5.74) is 9.71. The molecule has 0 saturated heterocycles. The fourth-order valence-electron chi connectivity index (χ4n) is 1.68. The average molecular weight is 177 g/mol. The molecule has 0 saturated carbocycles. The lowest BCUT2D eigenvalue weighted by Crippen LogP contribution is -2.20. The summed E-state index contributed by atoms with van der Waals surface area (Å²) >= 11 is 0. The van der Waals surface area contributed by atoms with E-state index in [1.54, 1.807) is 0 Å². The van der Waals surface area contributed by atoms with Crippen LogP contribution in [0.5, 0.6) is 5.75 Å². The van der Waals surface area contributed by atoms with Gasteiger partial charge in [-0.1, -0.05) is 6.07 Å². The summed E-state index contributed by atoms with van der Waals surface area (Å²) in [6.45, 7) is 4.95. The first-order valence-corrected chi connectivity index (χ1v) is 4.68. The highest BCUT2D eigenvalue weighted by Gasteiger charge is 2.18. The molecule has 0 unspecified atom stereocenters. The SMILES string of the molecule is Cc1cc2c(cc1C)[C@@H](N)CCO2. The zero-order valence-corrected chi connectivity index (χ0v) is 8.13. The van der Waals surface area contributed by atoms with E-state index in [0.717, 1.165) is 24.3 Å². The van der Waals surface area contributed by atoms with E-state index in [0.29, 0.717) is 0 Å². The normalized spacial score (nSPS) is 20.7. The van der Waals surface area contributed by atoms with Gasteiger partial charge in [-0.15, -0.1) is 0 Å². The monoisotopic (exact) mass is 177 g/mol. The molecular weight excluding hydrogens is 162 g/mol. The number of rotatable bonds is 0. The van der Waals surface area contributed by atoms with E-state index < -0.39 is 0 Å². The minimum atomic E-state index is 0.156. The van der Waals surface area contributed by atoms with Crippen LogP contribution in [0.1, 0.15) is 29.2 Å². The van der Waals surface area contributed by atoms with Gasteiger partial charge in [-0.2, -0.15) is 0 Å². The number of ether oxygens (including phenoxy) is 1. The van der Waals surface area contributed by atoms with Crippen molar-refractivity contribution < 1.29 is 4.74 Å². The highest BCUT2D eigenvalue weighted by Crippen LogP contribution is 2.32. The second-order valence-electron chi connectivity index (χ2n) is 3.72. The van der Waals surface area contributed by atoms with Crippen LogP contribution in [-0.2, 0) is 0 Å². The first-order valence-electron chi connectivity index (χ1n) is 4.68. The predicted octanol–water partition coefficient (Wildman–Crippen LogP) is 2.09. The van der Waals surface area contributed by atoms with Crippen molar-refractivity contribution in [3.8, 4) is 5.75 Å². The average Bonchev–Trinajstić information content (AvgIpc) is 2.09. The van der Waals surface area contributed by atoms with Crippen molar-refractivity contribution >= 4 is 0 Å². The van der Waals surface area contributed by atoms with Crippen LogP contribution >= 0.6 is 0 Å². The van der Waals surface area contributed by atoms with Gasteiger partial charge in [0.05, 0.1) is 6.61 Å². The van der Waals surface area contributed by atoms with Crippen LogP contribution in [0.4, 0.5) is 0 Å². The Morgan fingerprint density at radius 3 is 2.77 bits per heavy atom. The predicted molar refractivity (Wildman–Crippen MR) is 53.0 cm³/mol. The fraction of sp³-hybridized carbons (Fsp3) is 0.455. The molecule has 0 amide bonds. The molecule has 0 radical (unpaired) electrons. The second kappa shape index (κ2) is 3.04. The van der Waals surface area contributed by atoms with Gasteiger partial charge in [0.25, 0.3) is 0 Å². The molecule has 2 rings (SSSR count). The lowest BCUT2D eigenvalue weighted by Gasteiger charge is -2.24. The van der Waals surface area contributed by atoms with Gasteiger partial charge < -0.3 is 10.5 Å². The van der Waals surface area contributed by atoms with Crippen molar-refractivity contribution in [2.45, 2.75) is 26.3 Å². The van der Waals surface area contributed by atoms with E-state index in [4.69, 9.17) is 10.5 Å². The molecule has 1 aromatic rings. The molecule has 1 aliphatic rings. The highest BCUT2D eigenvalue weighted by atomic mass is 16.5. The maximum Gasteiger partial charge on any atom is 0.124 e. The third-order valence-electron chi connectivity index (χ3n) is 2.71. The van der Waals surface area contributed by atoms with E-state index in [2.05, 4.69) is 26.0 Å². The maximum absolute atomic E-state index is 5.99. The van der Waals surface area contributed by atoms with Gasteiger partial charge >= 0.3 is 0 Å². The standard InChI is InChI=1S/C11H15NO/c1-7-5-9-10(12)3-4-13-11(9)6-8(7)2/h5-6,10H,3-4,12H2,1-2H3/t10-/m0/s1. The molecular formula is C11H15NO. The Kier molecular flexibility index (Phi) is 2.00. The number of hydrogen-bond acceptors (Lipinski definition) is 2. The molecule has 2 N–H and O–H groups in total. The number of fused-ring (bicyclic) bond motifs is 1. The number of aryl methyl sites for hydroxylation is 2. The summed E-state index contributed by atoms with van der Waals surface area (Å²) in [4.78, 5) is 0. The first kappa shape index (κ1) is 8.57. The van der Waals surface area contributed by atoms with Crippen molar-refractivity contribution in [1.29, 1.82) is 0 Å². The molecule has 1 aliphatic heterocycles. The molecule has 1 heterocycles. The smallest absolute Gasteiger partial charge is 0.124 e. The zero-order valence-electron chi connectivity index (χ0n) is 8.13. The van der Waals surface area contributed by atoms with E-state index in [-0.39, 0.29) is 6.04 Å². The molecule has 1 aromatic carbocycles. The van der Waals surface area contributed by atoms with Gasteiger partial charge in [0.1, 0.15) is 5.75 Å². The van der Waals surface area contributed by atoms with E-state index >= 15 is 0 Å². The zero-order chi connectivity index (χ0) is 9.42. The Morgan fingerprint density at radius 2 is 2.00 bits per heavy atom. The topological polar surface area (TPSA) is 35.2 Å². The Labute approximate surface area is 78.7 Å². The lowest BCUT2D eigenvalue weighted by atomic mass is 9.97. The largest absolute Gasteiger partial charge is 0.493 e. The van der Waals surface area contributed by atoms with Crippen LogP contribution in [-0.4, -0.2) is 6.61 Å². The lowest BCUT2D eigenvalue weighted by molar-refractivity contribution is 0.268. The third kappa shape index (κ3) is 1.42. The van der Waals surface area contributed by atoms with Gasteiger partial charge in [-0.05, 0) is 31.0 Å². The number of benzene rings is 1. The summed E-state index contributed by atoms with van der Waals surface area (Å²) in [6.07, 6.45) is 0.926. The number of nitrogens with two attached hydrogens (primary N) is 1. The quantitative estimate of drug-likeness (QED) is 0.658. The Bertz CT molecular complexity index is 333. The van der Waals surface area contributed by atoms with E-state index in [1.165, 1.54) is 11.1 Å². The van der Waals surface area contributed by atoms with Gasteiger partial charge in [0.15, 0.2) is 0 Å². The second-order valence-corrected chi connectivity index (χ2v) is 3.72. The summed E-state index contributed by atoms with van der Waals surface area (Å²) in [6, 6.07) is 4.39. The maximum atomic E-state index is 5.99. The molecule has 0 spiro atoms. The summed E-state index contributed by atoms with van der Waals surface area (Å²) in [5.74, 6) is 0.974. The molecule has 2 nitrogen and oxygen atoms in total. The Balaban J connectivity index is 2.52. The van der Waals surface area contributed by atoms with Crippen LogP contribution in [0.25, 0.3) is 0 Å². The van der Waals surface area contributed by atoms with Crippen molar-refractivity contribution in [2.24, 2.45) is 5.73 Å². The Hall–Kier alpha value is -1.02. The van der Waals surface area contributed by atoms with Gasteiger partial charge in [-0.3, -0.25) is 0 Å². The Morgan fingerprint density at radius 1 is 1.31 bits per heavy atom. The highest BCUT2D eigenvalue weighted by molar-refractivity contribution is 5.44. The van der Waals surface area contributed by atoms with Crippen molar-refractivity contribution in [1.82, 2.24) is 0 Å². The fourth-order valence-corrected chi connectivity index (χ4v) is 1.68. The molecule has 0 fully saturated rings. The van der Waals surface area contributed by atoms with Crippen molar-refractivity contribution in [3.63, 3.8) is 0 Å². The first-order chi connectivity index (χ1) is 6.18. The molecule has 70 valence electrons. The molecule has 2 heteroatoms. The molecule has 13 heavy (non-hydrogen) atoms. The van der Waals surface area contributed by atoms with Gasteiger partial charge in [0.2, 0.25) is 0 Å². The van der Waals surface area contributed by atoms with Crippen molar-refractivity contribution in [3.05, 3.63) is 28.8 Å². The summed E-state index contributed by atoms with van der Waals surface area (Å²) in [5, 5.41) is 0. The minimum absolute atomic E-state index is 0.156. The van der Waals surface area contributed by atoms with E-state index in [9.17, 15) is 0 Å². The molecule has 1 atom stereocenters. The van der Waals surface area contributed by atoms with Gasteiger partial charge in [0, 0.05) is 18.0 Å². The van der Waals surface area contributed by atoms with Gasteiger partial charge in [-0.25, -0.2) is 0 Å². The minimum Gasteiger partial charge on any atom is -0.493 e. The summed E-state index contributed by atoms with van der Waals surface area (Å²) in [7, 11) is 0. The summed E-state index contributed by atoms with van der Waals surface area (Å²) < 4.78 is 5.55. The molecule has 0 aliphatic carbocycles. The number of hydrogen-bond donors (Lipinski definition) is 1. The van der Waals surface area contributed by atoms with Crippen LogP contribution < -0.4 is 10.5 Å².